The van der Waals surface area contributed by atoms with Gasteiger partial charge in [-0.1, -0.05) is 12.1 Å². The van der Waals surface area contributed by atoms with Crippen LogP contribution in [0.2, 0.25) is 0 Å². The maximum atomic E-state index is 13.9. The highest BCUT2D eigenvalue weighted by Gasteiger charge is 2.38. The second-order valence-corrected chi connectivity index (χ2v) is 6.73. The Morgan fingerprint density at radius 1 is 1.00 bits per heavy atom. The molecule has 140 valence electrons. The third kappa shape index (κ3) is 2.84. The normalized spacial score (nSPS) is 12.9. The Bertz CT molecular complexity index is 1090. The summed E-state index contributed by atoms with van der Waals surface area (Å²) in [5, 5.41) is 1.63. The number of benzene rings is 2. The minimum atomic E-state index is -0.641. The van der Waals surface area contributed by atoms with Crippen molar-refractivity contribution >= 4 is 34.8 Å². The molecule has 6 nitrogen and oxygen atoms in total. The molecule has 3 aromatic rings. The molecule has 0 atom stereocenters. The lowest BCUT2D eigenvalue weighted by Gasteiger charge is -2.18. The van der Waals surface area contributed by atoms with Gasteiger partial charge in [0.05, 0.1) is 23.9 Å². The van der Waals surface area contributed by atoms with E-state index in [0.717, 1.165) is 28.4 Å². The zero-order valence-corrected chi connectivity index (χ0v) is 15.3. The molecule has 1 aromatic heterocycles. The zero-order valence-electron chi connectivity index (χ0n) is 14.5. The second kappa shape index (κ2) is 6.90. The smallest absolute Gasteiger partial charge is 0.351 e. The van der Waals surface area contributed by atoms with Gasteiger partial charge in [-0.05, 0) is 35.7 Å². The van der Waals surface area contributed by atoms with Gasteiger partial charge >= 0.3 is 5.97 Å². The molecule has 1 aliphatic rings. The molecule has 0 radical (unpaired) electrons. The molecular weight excluding hydrogens is 385 g/mol. The molecule has 2 amide bonds. The summed E-state index contributed by atoms with van der Waals surface area (Å²) in [7, 11) is 1.24. The Balaban J connectivity index is 1.77. The monoisotopic (exact) mass is 397 g/mol. The summed E-state index contributed by atoms with van der Waals surface area (Å²) in [6.45, 7) is 0. The van der Waals surface area contributed by atoms with Crippen LogP contribution < -0.4 is 9.64 Å². The zero-order chi connectivity index (χ0) is 19.8. The van der Waals surface area contributed by atoms with E-state index in [0.29, 0.717) is 0 Å². The lowest BCUT2D eigenvalue weighted by atomic mass is 10.1. The Morgan fingerprint density at radius 3 is 2.32 bits per heavy atom. The molecule has 0 spiro atoms. The van der Waals surface area contributed by atoms with Crippen molar-refractivity contribution in [1.29, 1.82) is 0 Å². The van der Waals surface area contributed by atoms with Crippen molar-refractivity contribution < 1.29 is 28.2 Å². The van der Waals surface area contributed by atoms with E-state index in [-0.39, 0.29) is 33.2 Å². The number of anilines is 1. The number of ether oxygens (including phenoxy) is 2. The molecule has 2 aromatic carbocycles. The van der Waals surface area contributed by atoms with Gasteiger partial charge in [-0.25, -0.2) is 14.1 Å². The van der Waals surface area contributed by atoms with Crippen molar-refractivity contribution in [3.05, 3.63) is 75.7 Å². The van der Waals surface area contributed by atoms with Crippen LogP contribution in [0.3, 0.4) is 0 Å². The SMILES string of the molecule is COC(=O)c1sccc1Oc1ccc(F)cc1N1C(=O)c2ccccc2C1=O. The summed E-state index contributed by atoms with van der Waals surface area (Å²) in [5.74, 6) is -2.14. The Morgan fingerprint density at radius 2 is 1.68 bits per heavy atom. The highest BCUT2D eigenvalue weighted by Crippen LogP contribution is 2.39. The predicted octanol–water partition coefficient (Wildman–Crippen LogP) is 4.27. The van der Waals surface area contributed by atoms with Crippen LogP contribution in [-0.2, 0) is 4.74 Å². The van der Waals surface area contributed by atoms with E-state index in [1.807, 2.05) is 0 Å². The third-order valence-corrected chi connectivity index (χ3v) is 5.05. The minimum absolute atomic E-state index is 0.0479. The van der Waals surface area contributed by atoms with E-state index in [4.69, 9.17) is 9.47 Å². The molecule has 8 heteroatoms. The summed E-state index contributed by atoms with van der Waals surface area (Å²) in [5.41, 5.74) is 0.412. The molecule has 0 bridgehead atoms. The molecule has 0 aliphatic carbocycles. The number of thiophene rings is 1. The summed E-state index contributed by atoms with van der Waals surface area (Å²) < 4.78 is 24.4. The van der Waals surface area contributed by atoms with Crippen LogP contribution in [0.5, 0.6) is 11.5 Å². The van der Waals surface area contributed by atoms with Gasteiger partial charge in [0.1, 0.15) is 5.82 Å². The van der Waals surface area contributed by atoms with Crippen LogP contribution in [0.25, 0.3) is 0 Å². The fourth-order valence-electron chi connectivity index (χ4n) is 2.90. The van der Waals surface area contributed by atoms with Gasteiger partial charge < -0.3 is 9.47 Å². The first-order valence-corrected chi connectivity index (χ1v) is 9.00. The molecule has 0 saturated heterocycles. The number of rotatable bonds is 4. The van der Waals surface area contributed by atoms with Crippen LogP contribution in [-0.4, -0.2) is 24.9 Å². The number of imide groups is 1. The molecule has 0 saturated carbocycles. The van der Waals surface area contributed by atoms with E-state index in [2.05, 4.69) is 0 Å². The minimum Gasteiger partial charge on any atom is -0.465 e. The number of hydrogen-bond acceptors (Lipinski definition) is 6. The number of halogens is 1. The van der Waals surface area contributed by atoms with Crippen LogP contribution >= 0.6 is 11.3 Å². The van der Waals surface area contributed by atoms with Gasteiger partial charge in [-0.15, -0.1) is 11.3 Å². The topological polar surface area (TPSA) is 72.9 Å². The standard InChI is InChI=1S/C20H12FNO5S/c1-26-20(25)17-16(8-9-28-17)27-15-7-6-11(21)10-14(15)22-18(23)12-4-2-3-5-13(12)19(22)24/h2-10H,1H3. The Labute approximate surface area is 162 Å². The van der Waals surface area contributed by atoms with Crippen molar-refractivity contribution in [1.82, 2.24) is 0 Å². The van der Waals surface area contributed by atoms with Crippen molar-refractivity contribution in [2.45, 2.75) is 0 Å². The highest BCUT2D eigenvalue weighted by atomic mass is 32.1. The molecule has 1 aliphatic heterocycles. The molecule has 0 fully saturated rings. The maximum absolute atomic E-state index is 13.9. The van der Waals surface area contributed by atoms with Gasteiger partial charge in [0.25, 0.3) is 11.8 Å². The van der Waals surface area contributed by atoms with Crippen molar-refractivity contribution in [2.75, 3.05) is 12.0 Å². The van der Waals surface area contributed by atoms with Gasteiger partial charge in [0.2, 0.25) is 0 Å². The fourth-order valence-corrected chi connectivity index (χ4v) is 3.63. The number of hydrogen-bond donors (Lipinski definition) is 0. The van der Waals surface area contributed by atoms with Gasteiger partial charge in [-0.2, -0.15) is 0 Å². The van der Waals surface area contributed by atoms with E-state index < -0.39 is 23.6 Å². The number of fused-ring (bicyclic) bond motifs is 1. The number of amides is 2. The fraction of sp³-hybridized carbons (Fsp3) is 0.0500. The van der Waals surface area contributed by atoms with Crippen LogP contribution in [0.4, 0.5) is 10.1 Å². The van der Waals surface area contributed by atoms with Crippen molar-refractivity contribution in [3.63, 3.8) is 0 Å². The quantitative estimate of drug-likeness (QED) is 0.486. The van der Waals surface area contributed by atoms with Crippen molar-refractivity contribution in [3.8, 4) is 11.5 Å². The molecular formula is C20H12FNO5S. The largest absolute Gasteiger partial charge is 0.465 e. The first kappa shape index (κ1) is 17.9. The average Bonchev–Trinajstić information content (AvgIpc) is 3.26. The molecule has 2 heterocycles. The average molecular weight is 397 g/mol. The second-order valence-electron chi connectivity index (χ2n) is 5.81. The molecule has 28 heavy (non-hydrogen) atoms. The van der Waals surface area contributed by atoms with E-state index in [1.165, 1.54) is 25.3 Å². The molecule has 0 N–H and O–H groups in total. The third-order valence-electron chi connectivity index (χ3n) is 4.18. The lowest BCUT2D eigenvalue weighted by Crippen LogP contribution is -2.29. The summed E-state index contributed by atoms with van der Waals surface area (Å²) in [6.07, 6.45) is 0. The van der Waals surface area contributed by atoms with E-state index in [1.54, 1.807) is 23.6 Å². The lowest BCUT2D eigenvalue weighted by molar-refractivity contribution is 0.0603. The Kier molecular flexibility index (Phi) is 4.40. The van der Waals surface area contributed by atoms with Crippen LogP contribution in [0, 0.1) is 5.82 Å². The molecule has 0 unspecified atom stereocenters. The summed E-state index contributed by atoms with van der Waals surface area (Å²) in [4.78, 5) is 38.4. The molecule has 4 rings (SSSR count). The number of carbonyl (C=O) groups is 3. The number of carbonyl (C=O) groups excluding carboxylic acids is 3. The number of methoxy groups -OCH3 is 1. The number of esters is 1. The van der Waals surface area contributed by atoms with E-state index >= 15 is 0 Å². The van der Waals surface area contributed by atoms with Crippen LogP contribution in [0.15, 0.2) is 53.9 Å². The first-order chi connectivity index (χ1) is 13.5. The van der Waals surface area contributed by atoms with Gasteiger partial charge in [0, 0.05) is 6.07 Å². The summed E-state index contributed by atoms with van der Waals surface area (Å²) in [6, 6.07) is 11.4. The number of nitrogens with zero attached hydrogens (tertiary/aromatic N) is 1. The van der Waals surface area contributed by atoms with Gasteiger partial charge in [0.15, 0.2) is 16.4 Å². The maximum Gasteiger partial charge on any atom is 0.351 e. The highest BCUT2D eigenvalue weighted by molar-refractivity contribution is 7.12. The summed E-state index contributed by atoms with van der Waals surface area (Å²) >= 11 is 1.11. The predicted molar refractivity (Wildman–Crippen MR) is 99.7 cm³/mol. The van der Waals surface area contributed by atoms with Crippen LogP contribution in [0.1, 0.15) is 30.4 Å². The first-order valence-electron chi connectivity index (χ1n) is 8.12. The van der Waals surface area contributed by atoms with Crippen molar-refractivity contribution in [2.24, 2.45) is 0 Å². The van der Waals surface area contributed by atoms with E-state index in [9.17, 15) is 18.8 Å². The van der Waals surface area contributed by atoms with Gasteiger partial charge in [-0.3, -0.25) is 9.59 Å². The Hall–Kier alpha value is -3.52.